The number of carbonyl (C=O) groups is 1. The summed E-state index contributed by atoms with van der Waals surface area (Å²) < 4.78 is 6.23. The summed E-state index contributed by atoms with van der Waals surface area (Å²) in [6.07, 6.45) is 0.816. The van der Waals surface area contributed by atoms with Crippen molar-refractivity contribution in [2.75, 3.05) is 6.61 Å². The molecular weight excluding hydrogens is 254 g/mol. The van der Waals surface area contributed by atoms with Gasteiger partial charge in [-0.15, -0.1) is 16.4 Å². The van der Waals surface area contributed by atoms with Gasteiger partial charge in [0.05, 0.1) is 19.3 Å². The first-order chi connectivity index (χ1) is 8.70. The van der Waals surface area contributed by atoms with Crippen molar-refractivity contribution in [1.29, 1.82) is 0 Å². The van der Waals surface area contributed by atoms with E-state index in [1.165, 1.54) is 22.2 Å². The highest BCUT2D eigenvalue weighted by Gasteiger charge is 2.14. The quantitative estimate of drug-likeness (QED) is 0.825. The van der Waals surface area contributed by atoms with Crippen LogP contribution in [0.2, 0.25) is 0 Å². The lowest BCUT2D eigenvalue weighted by molar-refractivity contribution is 0.0519. The number of thiophene rings is 1. The van der Waals surface area contributed by atoms with Crippen LogP contribution in [0.4, 0.5) is 0 Å². The highest BCUT2D eigenvalue weighted by atomic mass is 32.1. The Kier molecular flexibility index (Phi) is 4.06. The van der Waals surface area contributed by atoms with Crippen LogP contribution in [0.15, 0.2) is 23.7 Å². The van der Waals surface area contributed by atoms with Crippen molar-refractivity contribution in [2.45, 2.75) is 19.6 Å². The molecule has 0 aliphatic carbocycles. The lowest BCUT2D eigenvalue weighted by atomic mass is 10.3. The number of hydrogen-bond donors (Lipinski definition) is 1. The molecule has 96 valence electrons. The highest BCUT2D eigenvalue weighted by molar-refractivity contribution is 7.10. The molecular formula is C11H13N3O3S. The number of esters is 1. The third-order valence-corrected chi connectivity index (χ3v) is 3.23. The molecule has 2 aromatic rings. The number of aliphatic hydroxyl groups excluding tert-OH is 1. The fraction of sp³-hybridized carbons (Fsp3) is 0.364. The van der Waals surface area contributed by atoms with Gasteiger partial charge < -0.3 is 9.84 Å². The Hall–Kier alpha value is -1.73. The van der Waals surface area contributed by atoms with Gasteiger partial charge in [-0.3, -0.25) is 0 Å². The van der Waals surface area contributed by atoms with Crippen LogP contribution >= 0.6 is 11.3 Å². The fourth-order valence-corrected chi connectivity index (χ4v) is 2.14. The molecule has 0 amide bonds. The van der Waals surface area contributed by atoms with Gasteiger partial charge in [-0.05, 0) is 18.4 Å². The maximum atomic E-state index is 11.4. The number of hydrogen-bond acceptors (Lipinski definition) is 6. The molecule has 0 bridgehead atoms. The van der Waals surface area contributed by atoms with E-state index in [-0.39, 0.29) is 12.2 Å². The van der Waals surface area contributed by atoms with E-state index >= 15 is 0 Å². The summed E-state index contributed by atoms with van der Waals surface area (Å²) in [5.74, 6) is -0.505. The molecule has 0 radical (unpaired) electrons. The van der Waals surface area contributed by atoms with Crippen molar-refractivity contribution in [2.24, 2.45) is 0 Å². The van der Waals surface area contributed by atoms with Crippen LogP contribution in [-0.2, 0) is 11.3 Å². The lowest BCUT2D eigenvalue weighted by Crippen LogP contribution is -2.08. The molecule has 0 fully saturated rings. The third kappa shape index (κ3) is 2.93. The molecule has 6 nitrogen and oxygen atoms in total. The summed E-state index contributed by atoms with van der Waals surface area (Å²) in [5.41, 5.74) is 0.148. The molecule has 2 aromatic heterocycles. The number of rotatable bonds is 5. The summed E-state index contributed by atoms with van der Waals surface area (Å²) in [6, 6.07) is 3.72. The smallest absolute Gasteiger partial charge is 0.360 e. The average Bonchev–Trinajstić information content (AvgIpc) is 2.99. The Morgan fingerprint density at radius 1 is 1.67 bits per heavy atom. The Morgan fingerprint density at radius 2 is 2.50 bits per heavy atom. The maximum absolute atomic E-state index is 11.4. The average molecular weight is 267 g/mol. The number of ether oxygens (including phenoxy) is 1. The van der Waals surface area contributed by atoms with Crippen LogP contribution in [0.25, 0.3) is 0 Å². The van der Waals surface area contributed by atoms with Crippen molar-refractivity contribution < 1.29 is 14.6 Å². The molecule has 1 atom stereocenters. The molecule has 2 heterocycles. The Balaban J connectivity index is 2.00. The van der Waals surface area contributed by atoms with Crippen LogP contribution < -0.4 is 0 Å². The molecule has 0 aromatic carbocycles. The van der Waals surface area contributed by atoms with E-state index in [0.29, 0.717) is 6.61 Å². The normalized spacial score (nSPS) is 12.3. The first-order valence-electron chi connectivity index (χ1n) is 5.49. The second-order valence-electron chi connectivity index (χ2n) is 3.58. The molecule has 0 aliphatic rings. The van der Waals surface area contributed by atoms with Gasteiger partial charge in [0.25, 0.3) is 0 Å². The second kappa shape index (κ2) is 5.74. The monoisotopic (exact) mass is 267 g/mol. The molecule has 0 saturated carbocycles. The Bertz CT molecular complexity index is 509. The molecule has 0 saturated heterocycles. The second-order valence-corrected chi connectivity index (χ2v) is 4.56. The molecule has 1 N–H and O–H groups in total. The van der Waals surface area contributed by atoms with Crippen LogP contribution in [0.3, 0.4) is 0 Å². The van der Waals surface area contributed by atoms with Gasteiger partial charge in [0, 0.05) is 4.88 Å². The molecule has 2 rings (SSSR count). The standard InChI is InChI=1S/C11H13N3O3S/c1-2-17-11(16)8-6-14(13-12-8)7-9(15)10-4-3-5-18-10/h3-6,9,15H,2,7H2,1H3/t9-/m0/s1. The van der Waals surface area contributed by atoms with E-state index in [4.69, 9.17) is 4.74 Å². The molecule has 7 heteroatoms. The SMILES string of the molecule is CCOC(=O)c1cn(C[C@H](O)c2cccs2)nn1. The zero-order chi connectivity index (χ0) is 13.0. The zero-order valence-corrected chi connectivity index (χ0v) is 10.6. The van der Waals surface area contributed by atoms with Crippen LogP contribution in [-0.4, -0.2) is 32.7 Å². The van der Waals surface area contributed by atoms with Crippen molar-refractivity contribution in [3.8, 4) is 0 Å². The van der Waals surface area contributed by atoms with E-state index in [0.717, 1.165) is 4.88 Å². The van der Waals surface area contributed by atoms with Gasteiger partial charge >= 0.3 is 5.97 Å². The topological polar surface area (TPSA) is 77.2 Å². The minimum Gasteiger partial charge on any atom is -0.461 e. The third-order valence-electron chi connectivity index (χ3n) is 2.25. The van der Waals surface area contributed by atoms with Crippen molar-refractivity contribution >= 4 is 17.3 Å². The largest absolute Gasteiger partial charge is 0.461 e. The van der Waals surface area contributed by atoms with Crippen molar-refractivity contribution in [3.63, 3.8) is 0 Å². The van der Waals surface area contributed by atoms with Crippen molar-refractivity contribution in [1.82, 2.24) is 15.0 Å². The van der Waals surface area contributed by atoms with Gasteiger partial charge in [-0.1, -0.05) is 11.3 Å². The highest BCUT2D eigenvalue weighted by Crippen LogP contribution is 2.19. The van der Waals surface area contributed by atoms with Crippen LogP contribution in [0.5, 0.6) is 0 Å². The van der Waals surface area contributed by atoms with E-state index in [1.807, 2.05) is 17.5 Å². The number of nitrogens with zero attached hydrogens (tertiary/aromatic N) is 3. The van der Waals surface area contributed by atoms with Crippen molar-refractivity contribution in [3.05, 3.63) is 34.3 Å². The lowest BCUT2D eigenvalue weighted by Gasteiger charge is -2.07. The van der Waals surface area contributed by atoms with Gasteiger partial charge in [0.1, 0.15) is 6.10 Å². The van der Waals surface area contributed by atoms with Crippen LogP contribution in [0, 0.1) is 0 Å². The van der Waals surface area contributed by atoms with Crippen LogP contribution in [0.1, 0.15) is 28.4 Å². The summed E-state index contributed by atoms with van der Waals surface area (Å²) in [4.78, 5) is 12.2. The summed E-state index contributed by atoms with van der Waals surface area (Å²) in [7, 11) is 0. The molecule has 0 unspecified atom stereocenters. The first-order valence-corrected chi connectivity index (χ1v) is 6.37. The minimum atomic E-state index is -0.651. The Morgan fingerprint density at radius 3 is 3.17 bits per heavy atom. The molecule has 0 aliphatic heterocycles. The van der Waals surface area contributed by atoms with Gasteiger partial charge in [-0.2, -0.15) is 0 Å². The zero-order valence-electron chi connectivity index (χ0n) is 9.81. The van der Waals surface area contributed by atoms with E-state index in [9.17, 15) is 9.90 Å². The first kappa shape index (κ1) is 12.7. The molecule has 18 heavy (non-hydrogen) atoms. The van der Waals surface area contributed by atoms with Gasteiger partial charge in [-0.25, -0.2) is 9.48 Å². The number of aliphatic hydroxyl groups is 1. The predicted molar refractivity (Wildman–Crippen MR) is 65.3 cm³/mol. The number of aromatic nitrogens is 3. The summed E-state index contributed by atoms with van der Waals surface area (Å²) >= 11 is 1.47. The minimum absolute atomic E-state index is 0.148. The number of carbonyl (C=O) groups excluding carboxylic acids is 1. The summed E-state index contributed by atoms with van der Waals surface area (Å²) in [5, 5.41) is 19.3. The fourth-order valence-electron chi connectivity index (χ4n) is 1.43. The predicted octanol–water partition coefficient (Wildman–Crippen LogP) is 1.25. The van der Waals surface area contributed by atoms with Gasteiger partial charge in [0.2, 0.25) is 0 Å². The maximum Gasteiger partial charge on any atom is 0.360 e. The van der Waals surface area contributed by atoms with E-state index in [2.05, 4.69) is 10.3 Å². The molecule has 0 spiro atoms. The Labute approximate surface area is 108 Å². The van der Waals surface area contributed by atoms with E-state index in [1.54, 1.807) is 6.92 Å². The summed E-state index contributed by atoms with van der Waals surface area (Å²) in [6.45, 7) is 2.28. The van der Waals surface area contributed by atoms with E-state index < -0.39 is 12.1 Å². The van der Waals surface area contributed by atoms with Gasteiger partial charge in [0.15, 0.2) is 5.69 Å².